The van der Waals surface area contributed by atoms with E-state index >= 15 is 0 Å². The average Bonchev–Trinajstić information content (AvgIpc) is 3.19. The monoisotopic (exact) mass is 534 g/mol. The van der Waals surface area contributed by atoms with E-state index in [1.165, 1.54) is 5.69 Å². The van der Waals surface area contributed by atoms with Gasteiger partial charge in [0.2, 0.25) is 0 Å². The predicted octanol–water partition coefficient (Wildman–Crippen LogP) is 5.97. The maximum atomic E-state index is 13.4. The van der Waals surface area contributed by atoms with Crippen LogP contribution in [0, 0.1) is 23.2 Å². The van der Waals surface area contributed by atoms with Gasteiger partial charge in [0.05, 0.1) is 17.5 Å². The first-order chi connectivity index (χ1) is 18.0. The Morgan fingerprint density at radius 1 is 1.16 bits per heavy atom. The first-order valence-electron chi connectivity index (χ1n) is 13.8. The highest BCUT2D eigenvalue weighted by molar-refractivity contribution is 6.76. The maximum Gasteiger partial charge on any atom is 0.171 e. The normalized spacial score (nSPS) is 21.2. The zero-order valence-electron chi connectivity index (χ0n) is 24.0. The number of nitrogens with zero attached hydrogens (tertiary/aromatic N) is 4. The van der Waals surface area contributed by atoms with E-state index in [1.807, 2.05) is 37.7 Å². The van der Waals surface area contributed by atoms with Crippen LogP contribution in [0.2, 0.25) is 25.7 Å². The first kappa shape index (κ1) is 27.0. The molecule has 2 fully saturated rings. The van der Waals surface area contributed by atoms with Crippen LogP contribution in [0.25, 0.3) is 22.4 Å². The molecule has 0 N–H and O–H groups in total. The number of carbonyl (C=O) groups is 1. The summed E-state index contributed by atoms with van der Waals surface area (Å²) in [5.41, 5.74) is 4.43. The number of methoxy groups -OCH3 is 1. The molecule has 0 spiro atoms. The molecule has 7 nitrogen and oxygen atoms in total. The van der Waals surface area contributed by atoms with E-state index in [9.17, 15) is 4.79 Å². The Kier molecular flexibility index (Phi) is 7.26. The molecule has 0 radical (unpaired) electrons. The van der Waals surface area contributed by atoms with Crippen LogP contribution in [-0.2, 0) is 16.2 Å². The number of ketones is 1. The molecule has 0 bridgehead atoms. The number of fused-ring (bicyclic) bond motifs is 2. The molecule has 8 heteroatoms. The van der Waals surface area contributed by atoms with E-state index in [1.54, 1.807) is 7.11 Å². The second-order valence-corrected chi connectivity index (χ2v) is 18.9. The van der Waals surface area contributed by atoms with Gasteiger partial charge in [-0.05, 0) is 35.9 Å². The number of carbonyl (C=O) groups excluding carboxylic acids is 1. The Balaban J connectivity index is 1.41. The SMILES string of the molecule is COCC1[C@H]2CN(c3cccc(-c4cnc5c(n4)c(C(=O)C(C)(C)C)cn5COCC[Si](C)(C)C)c3)C[C@@H]12. The zero-order valence-corrected chi connectivity index (χ0v) is 25.0. The van der Waals surface area contributed by atoms with Crippen LogP contribution >= 0.6 is 0 Å². The van der Waals surface area contributed by atoms with Crippen molar-refractivity contribution < 1.29 is 14.3 Å². The molecule has 0 amide bonds. The molecule has 5 rings (SSSR count). The van der Waals surface area contributed by atoms with Crippen molar-refractivity contribution in [2.45, 2.75) is 53.2 Å². The van der Waals surface area contributed by atoms with Crippen molar-refractivity contribution >= 4 is 30.7 Å². The fraction of sp³-hybridized carbons (Fsp3) is 0.567. The Morgan fingerprint density at radius 2 is 1.89 bits per heavy atom. The van der Waals surface area contributed by atoms with E-state index < -0.39 is 13.5 Å². The van der Waals surface area contributed by atoms with Crippen molar-refractivity contribution in [2.75, 3.05) is 38.3 Å². The molecular formula is C30H42N4O3Si. The summed E-state index contributed by atoms with van der Waals surface area (Å²) in [5, 5.41) is 0. The van der Waals surface area contributed by atoms with E-state index in [0.29, 0.717) is 30.1 Å². The van der Waals surface area contributed by atoms with E-state index in [0.717, 1.165) is 54.8 Å². The number of Topliss-reactive ketones (excluding diaryl/α,β-unsaturated/α-hetero) is 1. The van der Waals surface area contributed by atoms with Crippen molar-refractivity contribution in [3.63, 3.8) is 0 Å². The van der Waals surface area contributed by atoms with Gasteiger partial charge in [0.15, 0.2) is 11.4 Å². The lowest BCUT2D eigenvalue weighted by molar-refractivity contribution is 0.0849. The summed E-state index contributed by atoms with van der Waals surface area (Å²) in [6.07, 6.45) is 3.70. The lowest BCUT2D eigenvalue weighted by atomic mass is 9.87. The average molecular weight is 535 g/mol. The first-order valence-corrected chi connectivity index (χ1v) is 17.5. The van der Waals surface area contributed by atoms with E-state index in [2.05, 4.69) is 48.8 Å². The highest BCUT2D eigenvalue weighted by atomic mass is 28.3. The van der Waals surface area contributed by atoms with Gasteiger partial charge in [0.25, 0.3) is 0 Å². The molecule has 204 valence electrons. The number of ether oxygens (including phenoxy) is 2. The summed E-state index contributed by atoms with van der Waals surface area (Å²) in [6, 6.07) is 9.64. The van der Waals surface area contributed by atoms with Crippen LogP contribution in [0.15, 0.2) is 36.7 Å². The molecule has 3 aromatic rings. The number of aromatic nitrogens is 3. The van der Waals surface area contributed by atoms with Gasteiger partial charge in [-0.15, -0.1) is 0 Å². The summed E-state index contributed by atoms with van der Waals surface area (Å²) < 4.78 is 13.3. The van der Waals surface area contributed by atoms with E-state index in [-0.39, 0.29) is 5.78 Å². The summed E-state index contributed by atoms with van der Waals surface area (Å²) in [6.45, 7) is 17.0. The standard InChI is InChI=1S/C30H42N4O3Si/c1-30(2,3)28(35)24-17-34(19-37-11-12-38(5,6)7)29-27(24)32-26(14-31-29)20-9-8-10-21(13-20)33-15-22-23(16-33)25(22)18-36-4/h8-10,13-14,17,22-23,25H,11-12,15-16,18-19H2,1-7H3/t22-,23+,25?. The highest BCUT2D eigenvalue weighted by Gasteiger charge is 2.55. The zero-order chi connectivity index (χ0) is 27.2. The van der Waals surface area contributed by atoms with Gasteiger partial charge in [-0.25, -0.2) is 9.97 Å². The molecule has 1 saturated heterocycles. The third-order valence-electron chi connectivity index (χ3n) is 7.96. The molecule has 1 unspecified atom stereocenters. The third-order valence-corrected chi connectivity index (χ3v) is 9.66. The van der Waals surface area contributed by atoms with Crippen molar-refractivity contribution in [3.05, 3.63) is 42.2 Å². The quantitative estimate of drug-likeness (QED) is 0.181. The molecule has 2 aromatic heterocycles. The summed E-state index contributed by atoms with van der Waals surface area (Å²) in [5.74, 6) is 2.27. The Morgan fingerprint density at radius 3 is 2.55 bits per heavy atom. The molecule has 1 aromatic carbocycles. The lowest BCUT2D eigenvalue weighted by Gasteiger charge is -2.22. The lowest BCUT2D eigenvalue weighted by Crippen LogP contribution is -2.24. The van der Waals surface area contributed by atoms with Crippen LogP contribution < -0.4 is 4.90 Å². The van der Waals surface area contributed by atoms with Crippen molar-refractivity contribution in [1.29, 1.82) is 0 Å². The van der Waals surface area contributed by atoms with Gasteiger partial charge in [-0.2, -0.15) is 0 Å². The number of benzene rings is 1. The molecule has 3 atom stereocenters. The van der Waals surface area contributed by atoms with Crippen molar-refractivity contribution in [3.8, 4) is 11.3 Å². The topological polar surface area (TPSA) is 69.5 Å². The van der Waals surface area contributed by atoms with Crippen molar-refractivity contribution in [2.24, 2.45) is 23.2 Å². The highest BCUT2D eigenvalue weighted by Crippen LogP contribution is 2.52. The minimum atomic E-state index is -1.18. The summed E-state index contributed by atoms with van der Waals surface area (Å²) in [7, 11) is 0.614. The Hall–Kier alpha value is -2.55. The summed E-state index contributed by atoms with van der Waals surface area (Å²) >= 11 is 0. The molecule has 38 heavy (non-hydrogen) atoms. The van der Waals surface area contributed by atoms with Gasteiger partial charge in [0.1, 0.15) is 12.2 Å². The largest absolute Gasteiger partial charge is 0.384 e. The fourth-order valence-electron chi connectivity index (χ4n) is 5.56. The van der Waals surface area contributed by atoms with Crippen LogP contribution in [0.3, 0.4) is 0 Å². The van der Waals surface area contributed by atoms with Crippen LogP contribution in [0.4, 0.5) is 5.69 Å². The van der Waals surface area contributed by atoms with E-state index in [4.69, 9.17) is 19.4 Å². The van der Waals surface area contributed by atoms with Crippen LogP contribution in [0.1, 0.15) is 31.1 Å². The molecule has 2 aliphatic rings. The van der Waals surface area contributed by atoms with Gasteiger partial charge in [-0.1, -0.05) is 52.5 Å². The van der Waals surface area contributed by atoms with Gasteiger partial charge >= 0.3 is 0 Å². The number of rotatable bonds is 10. The minimum Gasteiger partial charge on any atom is -0.384 e. The maximum absolute atomic E-state index is 13.4. The second-order valence-electron chi connectivity index (χ2n) is 13.3. The third kappa shape index (κ3) is 5.58. The number of anilines is 1. The smallest absolute Gasteiger partial charge is 0.171 e. The molecule has 1 aliphatic carbocycles. The van der Waals surface area contributed by atoms with Crippen LogP contribution in [0.5, 0.6) is 0 Å². The number of hydrogen-bond acceptors (Lipinski definition) is 6. The Bertz CT molecular complexity index is 1310. The molecule has 1 aliphatic heterocycles. The van der Waals surface area contributed by atoms with Gasteiger partial charge in [-0.3, -0.25) is 4.79 Å². The minimum absolute atomic E-state index is 0.0606. The predicted molar refractivity (Wildman–Crippen MR) is 155 cm³/mol. The molecule has 3 heterocycles. The fourth-order valence-corrected chi connectivity index (χ4v) is 6.32. The summed E-state index contributed by atoms with van der Waals surface area (Å²) in [4.78, 5) is 25.7. The number of hydrogen-bond donors (Lipinski definition) is 0. The second kappa shape index (κ2) is 10.2. The van der Waals surface area contributed by atoms with Gasteiger partial charge in [0, 0.05) is 64.3 Å². The van der Waals surface area contributed by atoms with Gasteiger partial charge < -0.3 is 18.9 Å². The molecular weight excluding hydrogens is 492 g/mol. The Labute approximate surface area is 227 Å². The molecule has 1 saturated carbocycles. The van der Waals surface area contributed by atoms with Crippen LogP contribution in [-0.4, -0.2) is 61.8 Å². The van der Waals surface area contributed by atoms with Crippen molar-refractivity contribution in [1.82, 2.24) is 14.5 Å². The number of piperidine rings is 1.